The molecule has 0 aliphatic carbocycles. The molecule has 1 N–H and O–H groups in total. The Labute approximate surface area is 147 Å². The molecule has 0 radical (unpaired) electrons. The highest BCUT2D eigenvalue weighted by Crippen LogP contribution is 2.29. The van der Waals surface area contributed by atoms with E-state index in [0.717, 1.165) is 17.7 Å². The van der Waals surface area contributed by atoms with E-state index in [1.54, 1.807) is 19.1 Å². The molecule has 0 saturated carbocycles. The summed E-state index contributed by atoms with van der Waals surface area (Å²) >= 11 is 0. The fourth-order valence-electron chi connectivity index (χ4n) is 2.53. The molecule has 136 valence electrons. The number of nitro benzene ring substituents is 2. The van der Waals surface area contributed by atoms with Gasteiger partial charge in [0.15, 0.2) is 0 Å². The Hall–Kier alpha value is -3.36. The summed E-state index contributed by atoms with van der Waals surface area (Å²) < 4.78 is 12.9. The van der Waals surface area contributed by atoms with Crippen LogP contribution in [0.4, 0.5) is 15.8 Å². The lowest BCUT2D eigenvalue weighted by Crippen LogP contribution is -2.34. The molecule has 8 nitrogen and oxygen atoms in total. The Morgan fingerprint density at radius 3 is 2.08 bits per heavy atom. The van der Waals surface area contributed by atoms with Gasteiger partial charge in [-0.05, 0) is 38.0 Å². The van der Waals surface area contributed by atoms with Gasteiger partial charge >= 0.3 is 0 Å². The van der Waals surface area contributed by atoms with Gasteiger partial charge in [-0.3, -0.25) is 25.0 Å². The summed E-state index contributed by atoms with van der Waals surface area (Å²) in [5.41, 5.74) is -0.470. The number of halogens is 1. The minimum Gasteiger partial charge on any atom is -0.349 e. The van der Waals surface area contributed by atoms with Gasteiger partial charge in [0.25, 0.3) is 17.3 Å². The molecule has 2 aromatic carbocycles. The lowest BCUT2D eigenvalue weighted by atomic mass is 10.0. The van der Waals surface area contributed by atoms with Gasteiger partial charge in [-0.1, -0.05) is 12.1 Å². The Morgan fingerprint density at radius 2 is 1.62 bits per heavy atom. The predicted octanol–water partition coefficient (Wildman–Crippen LogP) is 3.31. The number of rotatable bonds is 6. The quantitative estimate of drug-likeness (QED) is 0.626. The maximum Gasteiger partial charge on any atom is 0.279 e. The predicted molar refractivity (Wildman–Crippen MR) is 91.5 cm³/mol. The first-order valence-corrected chi connectivity index (χ1v) is 7.67. The number of amides is 1. The molecule has 0 aromatic heterocycles. The highest BCUT2D eigenvalue weighted by molar-refractivity contribution is 5.96. The van der Waals surface area contributed by atoms with Gasteiger partial charge in [-0.15, -0.1) is 0 Å². The van der Waals surface area contributed by atoms with Crippen LogP contribution < -0.4 is 5.32 Å². The van der Waals surface area contributed by atoms with Gasteiger partial charge in [0.1, 0.15) is 11.4 Å². The molecule has 2 rings (SSSR count). The molecule has 0 aliphatic rings. The average Bonchev–Trinajstić information content (AvgIpc) is 2.56. The summed E-state index contributed by atoms with van der Waals surface area (Å²) in [6, 6.07) is 7.43. The molecule has 1 amide bonds. The zero-order valence-corrected chi connectivity index (χ0v) is 14.1. The number of hydrogen-bond acceptors (Lipinski definition) is 5. The molecule has 9 heteroatoms. The standard InChI is InChI=1S/C17H16FN3O5/c1-10(7-12-3-5-14(18)6-4-12)19-17(22)13-8-15(20(23)24)11(2)16(9-13)21(25)26/h3-6,8-10H,7H2,1-2H3,(H,19,22)/t10-/m1/s1. The SMILES string of the molecule is Cc1c([N+](=O)[O-])cc(C(=O)N[C@H](C)Cc2ccc(F)cc2)cc1[N+](=O)[O-]. The molecule has 0 spiro atoms. The van der Waals surface area contributed by atoms with Crippen molar-refractivity contribution in [3.8, 4) is 0 Å². The van der Waals surface area contributed by atoms with Crippen LogP contribution in [0.2, 0.25) is 0 Å². The van der Waals surface area contributed by atoms with E-state index >= 15 is 0 Å². The fraction of sp³-hybridized carbons (Fsp3) is 0.235. The minimum atomic E-state index is -0.763. The average molecular weight is 361 g/mol. The van der Waals surface area contributed by atoms with Crippen molar-refractivity contribution in [2.45, 2.75) is 26.3 Å². The van der Waals surface area contributed by atoms with Crippen molar-refractivity contribution in [3.05, 3.63) is 79.1 Å². The van der Waals surface area contributed by atoms with Crippen molar-refractivity contribution < 1.29 is 19.0 Å². The van der Waals surface area contributed by atoms with Crippen molar-refractivity contribution >= 4 is 17.3 Å². The Morgan fingerprint density at radius 1 is 1.12 bits per heavy atom. The molecule has 2 aromatic rings. The second-order valence-electron chi connectivity index (χ2n) is 5.86. The molecular weight excluding hydrogens is 345 g/mol. The van der Waals surface area contributed by atoms with Crippen molar-refractivity contribution in [2.24, 2.45) is 0 Å². The monoisotopic (exact) mass is 361 g/mol. The summed E-state index contributed by atoms with van der Waals surface area (Å²) in [5.74, 6) is -1.03. The molecule has 26 heavy (non-hydrogen) atoms. The van der Waals surface area contributed by atoms with Gasteiger partial charge in [-0.2, -0.15) is 0 Å². The maximum atomic E-state index is 12.9. The molecule has 1 atom stereocenters. The first kappa shape index (κ1) is 19.0. The Balaban J connectivity index is 2.21. The summed E-state index contributed by atoms with van der Waals surface area (Å²) in [7, 11) is 0. The van der Waals surface area contributed by atoms with E-state index in [9.17, 15) is 29.4 Å². The fourth-order valence-corrected chi connectivity index (χ4v) is 2.53. The van der Waals surface area contributed by atoms with Crippen molar-refractivity contribution in [1.82, 2.24) is 5.32 Å². The number of nitrogens with one attached hydrogen (secondary N) is 1. The Bertz CT molecular complexity index is 832. The van der Waals surface area contributed by atoms with Crippen LogP contribution in [-0.4, -0.2) is 21.8 Å². The normalized spacial score (nSPS) is 11.7. The zero-order valence-electron chi connectivity index (χ0n) is 14.1. The van der Waals surface area contributed by atoms with Crippen molar-refractivity contribution in [2.75, 3.05) is 0 Å². The molecule has 0 fully saturated rings. The molecule has 0 heterocycles. The molecule has 0 saturated heterocycles. The number of nitrogens with zero attached hydrogens (tertiary/aromatic N) is 2. The highest BCUT2D eigenvalue weighted by atomic mass is 19.1. The van der Waals surface area contributed by atoms with E-state index in [2.05, 4.69) is 5.32 Å². The summed E-state index contributed by atoms with van der Waals surface area (Å²) in [4.78, 5) is 33.0. The lowest BCUT2D eigenvalue weighted by molar-refractivity contribution is -0.395. The van der Waals surface area contributed by atoms with Crippen molar-refractivity contribution in [3.63, 3.8) is 0 Å². The minimum absolute atomic E-state index is 0.115. The Kier molecular flexibility index (Phi) is 5.61. The molecule has 0 aliphatic heterocycles. The second kappa shape index (κ2) is 7.68. The highest BCUT2D eigenvalue weighted by Gasteiger charge is 2.25. The third-order valence-electron chi connectivity index (χ3n) is 3.84. The third-order valence-corrected chi connectivity index (χ3v) is 3.84. The van der Waals surface area contributed by atoms with Gasteiger partial charge in [-0.25, -0.2) is 4.39 Å². The first-order chi connectivity index (χ1) is 12.2. The smallest absolute Gasteiger partial charge is 0.279 e. The lowest BCUT2D eigenvalue weighted by Gasteiger charge is -2.14. The van der Waals surface area contributed by atoms with Crippen LogP contribution in [0.3, 0.4) is 0 Å². The first-order valence-electron chi connectivity index (χ1n) is 7.67. The third kappa shape index (κ3) is 4.38. The van der Waals surface area contributed by atoms with Crippen LogP contribution in [0.1, 0.15) is 28.4 Å². The number of carbonyl (C=O) groups is 1. The van der Waals surface area contributed by atoms with Crippen LogP contribution in [0.5, 0.6) is 0 Å². The van der Waals surface area contributed by atoms with Crippen LogP contribution >= 0.6 is 0 Å². The second-order valence-corrected chi connectivity index (χ2v) is 5.86. The van der Waals surface area contributed by atoms with E-state index in [-0.39, 0.29) is 23.0 Å². The number of nitro groups is 2. The van der Waals surface area contributed by atoms with Crippen LogP contribution in [0.15, 0.2) is 36.4 Å². The van der Waals surface area contributed by atoms with E-state index in [1.807, 2.05) is 0 Å². The van der Waals surface area contributed by atoms with Crippen LogP contribution in [0.25, 0.3) is 0 Å². The van der Waals surface area contributed by atoms with E-state index in [0.29, 0.717) is 6.42 Å². The van der Waals surface area contributed by atoms with Crippen LogP contribution in [-0.2, 0) is 6.42 Å². The van der Waals surface area contributed by atoms with Crippen LogP contribution in [0, 0.1) is 33.0 Å². The summed E-state index contributed by atoms with van der Waals surface area (Å²) in [5, 5.41) is 24.8. The van der Waals surface area contributed by atoms with Gasteiger partial charge < -0.3 is 5.32 Å². The maximum absolute atomic E-state index is 12.9. The van der Waals surface area contributed by atoms with E-state index in [1.165, 1.54) is 19.1 Å². The van der Waals surface area contributed by atoms with Gasteiger partial charge in [0.05, 0.1) is 15.4 Å². The van der Waals surface area contributed by atoms with Gasteiger partial charge in [0.2, 0.25) is 0 Å². The van der Waals surface area contributed by atoms with E-state index < -0.39 is 27.1 Å². The largest absolute Gasteiger partial charge is 0.349 e. The number of hydrogen-bond donors (Lipinski definition) is 1. The zero-order chi connectivity index (χ0) is 19.4. The summed E-state index contributed by atoms with van der Waals surface area (Å²) in [6.07, 6.45) is 0.405. The molecule has 0 unspecified atom stereocenters. The topological polar surface area (TPSA) is 115 Å². The number of carbonyl (C=O) groups excluding carboxylic acids is 1. The molecule has 0 bridgehead atoms. The summed E-state index contributed by atoms with van der Waals surface area (Å²) in [6.45, 7) is 2.97. The van der Waals surface area contributed by atoms with Gasteiger partial charge in [0, 0.05) is 18.2 Å². The molecular formula is C17H16FN3O5. The van der Waals surface area contributed by atoms with E-state index in [4.69, 9.17) is 0 Å². The number of benzene rings is 2. The van der Waals surface area contributed by atoms with Crippen molar-refractivity contribution in [1.29, 1.82) is 0 Å².